The van der Waals surface area contributed by atoms with Gasteiger partial charge in [0.2, 0.25) is 0 Å². The molecule has 1 amide bonds. The molecule has 1 heterocycles. The van der Waals surface area contributed by atoms with E-state index in [4.69, 9.17) is 5.11 Å². The van der Waals surface area contributed by atoms with E-state index < -0.39 is 12.1 Å². The van der Waals surface area contributed by atoms with Crippen molar-refractivity contribution in [3.63, 3.8) is 0 Å². The van der Waals surface area contributed by atoms with Gasteiger partial charge in [-0.2, -0.15) is 0 Å². The summed E-state index contributed by atoms with van der Waals surface area (Å²) in [5.41, 5.74) is 0.201. The van der Waals surface area contributed by atoms with Crippen molar-refractivity contribution in [2.75, 3.05) is 11.9 Å². The van der Waals surface area contributed by atoms with Gasteiger partial charge in [-0.1, -0.05) is 12.7 Å². The largest absolute Gasteiger partial charge is 0.477 e. The predicted molar refractivity (Wildman–Crippen MR) is 64.1 cm³/mol. The molecule has 2 N–H and O–H groups in total. The Morgan fingerprint density at radius 3 is 2.94 bits per heavy atom. The summed E-state index contributed by atoms with van der Waals surface area (Å²) in [7, 11) is 0. The number of nitrogens with one attached hydrogen (secondary N) is 1. The second-order valence-corrected chi connectivity index (χ2v) is 4.34. The third-order valence-electron chi connectivity index (χ3n) is 1.50. The van der Waals surface area contributed by atoms with E-state index in [1.807, 2.05) is 0 Å². The van der Waals surface area contributed by atoms with Crippen molar-refractivity contribution in [1.29, 1.82) is 0 Å². The second kappa shape index (κ2) is 5.66. The normalized spacial score (nSPS) is 9.56. The quantitative estimate of drug-likeness (QED) is 0.839. The van der Waals surface area contributed by atoms with Gasteiger partial charge in [-0.15, -0.1) is 11.3 Å². The first-order chi connectivity index (χ1) is 7.56. The number of thiophene rings is 1. The minimum atomic E-state index is -1.10. The van der Waals surface area contributed by atoms with Crippen LogP contribution in [0.3, 0.4) is 0 Å². The van der Waals surface area contributed by atoms with Crippen LogP contribution in [0.25, 0.3) is 0 Å². The summed E-state index contributed by atoms with van der Waals surface area (Å²) in [4.78, 5) is 22.1. The lowest BCUT2D eigenvalue weighted by Crippen LogP contribution is -2.15. The van der Waals surface area contributed by atoms with Gasteiger partial charge in [-0.25, -0.2) is 9.59 Å². The van der Waals surface area contributed by atoms with Gasteiger partial charge in [0, 0.05) is 5.38 Å². The molecule has 0 aromatic carbocycles. The smallest absolute Gasteiger partial charge is 0.412 e. The van der Waals surface area contributed by atoms with Gasteiger partial charge < -0.3 is 9.84 Å². The highest BCUT2D eigenvalue weighted by atomic mass is 79.9. The van der Waals surface area contributed by atoms with Crippen molar-refractivity contribution in [1.82, 2.24) is 0 Å². The summed E-state index contributed by atoms with van der Waals surface area (Å²) in [6.45, 7) is 3.45. The van der Waals surface area contributed by atoms with E-state index in [1.54, 1.807) is 5.38 Å². The summed E-state index contributed by atoms with van der Waals surface area (Å²) in [6, 6.07) is 0. The Bertz CT molecular complexity index is 429. The fourth-order valence-corrected chi connectivity index (χ4v) is 2.31. The van der Waals surface area contributed by atoms with Crippen LogP contribution in [0.1, 0.15) is 9.67 Å². The topological polar surface area (TPSA) is 75.6 Å². The molecule has 0 aliphatic rings. The zero-order valence-corrected chi connectivity index (χ0v) is 10.4. The fraction of sp³-hybridized carbons (Fsp3) is 0.111. The number of rotatable bonds is 4. The zero-order valence-electron chi connectivity index (χ0n) is 8.03. The van der Waals surface area contributed by atoms with Crippen molar-refractivity contribution in [3.05, 3.63) is 27.4 Å². The molecular weight excluding hydrogens is 298 g/mol. The van der Waals surface area contributed by atoms with Gasteiger partial charge in [0.25, 0.3) is 0 Å². The van der Waals surface area contributed by atoms with Gasteiger partial charge in [0.15, 0.2) is 0 Å². The van der Waals surface area contributed by atoms with Crippen LogP contribution in [-0.2, 0) is 4.74 Å². The highest BCUT2D eigenvalue weighted by Crippen LogP contribution is 2.32. The Hall–Kier alpha value is -1.34. The number of hydrogen-bond donors (Lipinski definition) is 2. The van der Waals surface area contributed by atoms with Crippen molar-refractivity contribution in [2.24, 2.45) is 0 Å². The van der Waals surface area contributed by atoms with E-state index in [2.05, 4.69) is 32.6 Å². The van der Waals surface area contributed by atoms with Crippen molar-refractivity contribution < 1.29 is 19.4 Å². The summed E-state index contributed by atoms with van der Waals surface area (Å²) in [6.07, 6.45) is 0.696. The molecular formula is C9H8BrNO4S. The molecule has 1 aromatic heterocycles. The van der Waals surface area contributed by atoms with E-state index in [0.29, 0.717) is 4.47 Å². The van der Waals surface area contributed by atoms with Crippen LogP contribution in [0.15, 0.2) is 22.5 Å². The first-order valence-electron chi connectivity index (χ1n) is 4.11. The van der Waals surface area contributed by atoms with Gasteiger partial charge in [0.1, 0.15) is 11.5 Å². The Morgan fingerprint density at radius 2 is 2.38 bits per heavy atom. The number of hydrogen-bond acceptors (Lipinski definition) is 4. The van der Waals surface area contributed by atoms with Crippen LogP contribution in [0.2, 0.25) is 0 Å². The monoisotopic (exact) mass is 305 g/mol. The zero-order chi connectivity index (χ0) is 12.1. The maximum Gasteiger partial charge on any atom is 0.412 e. The molecule has 0 saturated heterocycles. The Morgan fingerprint density at radius 1 is 1.69 bits per heavy atom. The molecule has 86 valence electrons. The van der Waals surface area contributed by atoms with Crippen LogP contribution in [0, 0.1) is 0 Å². The molecule has 1 aromatic rings. The van der Waals surface area contributed by atoms with Gasteiger partial charge in [0.05, 0.1) is 10.2 Å². The lowest BCUT2D eigenvalue weighted by Gasteiger charge is -2.05. The van der Waals surface area contributed by atoms with Crippen LogP contribution in [-0.4, -0.2) is 23.8 Å². The number of anilines is 1. The lowest BCUT2D eigenvalue weighted by atomic mass is 10.4. The number of amides is 1. The molecule has 0 unspecified atom stereocenters. The predicted octanol–water partition coefficient (Wildman–Crippen LogP) is 2.94. The average molecular weight is 306 g/mol. The third-order valence-corrected chi connectivity index (χ3v) is 3.40. The second-order valence-electron chi connectivity index (χ2n) is 2.61. The van der Waals surface area contributed by atoms with Crippen LogP contribution in [0.5, 0.6) is 0 Å². The number of carboxylic acid groups (broad SMARTS) is 1. The van der Waals surface area contributed by atoms with E-state index in [9.17, 15) is 9.59 Å². The molecule has 0 atom stereocenters. The Kier molecular flexibility index (Phi) is 4.51. The first kappa shape index (κ1) is 12.7. The van der Waals surface area contributed by atoms with E-state index >= 15 is 0 Å². The number of carboxylic acids is 1. The highest BCUT2D eigenvalue weighted by Gasteiger charge is 2.18. The minimum absolute atomic E-state index is 0.0439. The number of carbonyl (C=O) groups excluding carboxylic acids is 1. The lowest BCUT2D eigenvalue weighted by molar-refractivity contribution is 0.0703. The molecule has 0 aliphatic heterocycles. The van der Waals surface area contributed by atoms with Gasteiger partial charge in [-0.05, 0) is 15.9 Å². The molecule has 5 nitrogen and oxygen atoms in total. The average Bonchev–Trinajstić information content (AvgIpc) is 2.58. The van der Waals surface area contributed by atoms with Crippen molar-refractivity contribution in [3.8, 4) is 0 Å². The molecule has 0 bridgehead atoms. The number of halogens is 1. The van der Waals surface area contributed by atoms with Crippen LogP contribution >= 0.6 is 27.3 Å². The number of ether oxygens (including phenoxy) is 1. The number of aromatic carboxylic acids is 1. The Labute approximate surface area is 104 Å². The van der Waals surface area contributed by atoms with Gasteiger partial charge >= 0.3 is 12.1 Å². The third kappa shape index (κ3) is 3.07. The highest BCUT2D eigenvalue weighted by molar-refractivity contribution is 9.10. The standard InChI is InChI=1S/C9H8BrNO4S/c1-2-3-15-9(14)11-6-5(10)4-16-7(6)8(12)13/h2,4H,1,3H2,(H,11,14)(H,12,13). The van der Waals surface area contributed by atoms with Crippen molar-refractivity contribution in [2.45, 2.75) is 0 Å². The molecule has 1 rings (SSSR count). The molecule has 7 heteroatoms. The molecule has 0 aliphatic carbocycles. The summed E-state index contributed by atoms with van der Waals surface area (Å²) >= 11 is 4.15. The maximum atomic E-state index is 11.2. The van der Waals surface area contributed by atoms with Crippen LogP contribution in [0.4, 0.5) is 10.5 Å². The first-order valence-corrected chi connectivity index (χ1v) is 5.78. The molecule has 0 spiro atoms. The molecule has 16 heavy (non-hydrogen) atoms. The van der Waals surface area contributed by atoms with E-state index in [-0.39, 0.29) is 17.2 Å². The van der Waals surface area contributed by atoms with Crippen LogP contribution < -0.4 is 5.32 Å². The maximum absolute atomic E-state index is 11.2. The SMILES string of the molecule is C=CCOC(=O)Nc1c(Br)csc1C(=O)O. The summed E-state index contributed by atoms with van der Waals surface area (Å²) in [5.74, 6) is -1.10. The molecule has 0 radical (unpaired) electrons. The van der Waals surface area contributed by atoms with E-state index in [1.165, 1.54) is 6.08 Å². The van der Waals surface area contributed by atoms with Gasteiger partial charge in [-0.3, -0.25) is 5.32 Å². The molecule has 0 saturated carbocycles. The fourth-order valence-electron chi connectivity index (χ4n) is 0.884. The molecule has 0 fully saturated rings. The van der Waals surface area contributed by atoms with E-state index in [0.717, 1.165) is 11.3 Å². The summed E-state index contributed by atoms with van der Waals surface area (Å²) in [5, 5.41) is 12.8. The summed E-state index contributed by atoms with van der Waals surface area (Å²) < 4.78 is 5.18. The van der Waals surface area contributed by atoms with Crippen molar-refractivity contribution >= 4 is 45.0 Å². The Balaban J connectivity index is 2.79. The number of carbonyl (C=O) groups is 2. The minimum Gasteiger partial charge on any atom is -0.477 e.